The molecule has 0 saturated heterocycles. The molecule has 3 heteroatoms. The van der Waals surface area contributed by atoms with Crippen molar-refractivity contribution in [3.05, 3.63) is 12.2 Å². The lowest BCUT2D eigenvalue weighted by atomic mass is 9.99. The van der Waals surface area contributed by atoms with Crippen LogP contribution in [-0.2, 0) is 14.3 Å². The van der Waals surface area contributed by atoms with Crippen LogP contribution in [-0.4, -0.2) is 17.9 Å². The van der Waals surface area contributed by atoms with Crippen molar-refractivity contribution in [1.82, 2.24) is 0 Å². The Morgan fingerprint density at radius 2 is 2.36 bits per heavy atom. The molecule has 1 aliphatic rings. The van der Waals surface area contributed by atoms with Crippen molar-refractivity contribution in [3.8, 4) is 0 Å². The molecule has 1 rings (SSSR count). The van der Waals surface area contributed by atoms with Crippen LogP contribution in [0.1, 0.15) is 33.1 Å². The lowest BCUT2D eigenvalue weighted by molar-refractivity contribution is -0.147. The standard InChI is InChI=1S/C11H16O3/c1-3-9-4-5-10(13)7-11(6-9)14-8(2)12/h4-5,9,11H,3,6-7H2,1-2H3. The highest BCUT2D eigenvalue weighted by atomic mass is 16.5. The highest BCUT2D eigenvalue weighted by Gasteiger charge is 2.21. The van der Waals surface area contributed by atoms with Crippen molar-refractivity contribution in [1.29, 1.82) is 0 Å². The fourth-order valence-corrected chi connectivity index (χ4v) is 1.66. The molecule has 3 nitrogen and oxygen atoms in total. The van der Waals surface area contributed by atoms with Crippen LogP contribution < -0.4 is 0 Å². The highest BCUT2D eigenvalue weighted by molar-refractivity contribution is 5.90. The molecule has 0 amide bonds. The molecule has 0 aromatic rings. The van der Waals surface area contributed by atoms with Crippen molar-refractivity contribution in [2.24, 2.45) is 5.92 Å². The highest BCUT2D eigenvalue weighted by Crippen LogP contribution is 2.21. The zero-order valence-electron chi connectivity index (χ0n) is 8.66. The van der Waals surface area contributed by atoms with Crippen molar-refractivity contribution < 1.29 is 14.3 Å². The van der Waals surface area contributed by atoms with Gasteiger partial charge in [-0.05, 0) is 24.8 Å². The first kappa shape index (κ1) is 11.0. The fourth-order valence-electron chi connectivity index (χ4n) is 1.66. The van der Waals surface area contributed by atoms with E-state index in [-0.39, 0.29) is 17.9 Å². The molecule has 14 heavy (non-hydrogen) atoms. The summed E-state index contributed by atoms with van der Waals surface area (Å²) in [6.45, 7) is 3.44. The van der Waals surface area contributed by atoms with Gasteiger partial charge >= 0.3 is 5.97 Å². The van der Waals surface area contributed by atoms with Crippen LogP contribution in [0.3, 0.4) is 0 Å². The second-order valence-corrected chi connectivity index (χ2v) is 3.67. The number of esters is 1. The minimum absolute atomic E-state index is 0.0483. The van der Waals surface area contributed by atoms with Gasteiger partial charge in [0.1, 0.15) is 6.10 Å². The Hall–Kier alpha value is -1.12. The van der Waals surface area contributed by atoms with Crippen LogP contribution in [0.2, 0.25) is 0 Å². The second-order valence-electron chi connectivity index (χ2n) is 3.67. The van der Waals surface area contributed by atoms with Crippen LogP contribution in [0.5, 0.6) is 0 Å². The van der Waals surface area contributed by atoms with E-state index >= 15 is 0 Å². The molecule has 0 N–H and O–H groups in total. The first-order valence-electron chi connectivity index (χ1n) is 5.00. The van der Waals surface area contributed by atoms with Crippen molar-refractivity contribution >= 4 is 11.8 Å². The zero-order chi connectivity index (χ0) is 10.6. The molecule has 0 fully saturated rings. The van der Waals surface area contributed by atoms with E-state index in [0.717, 1.165) is 12.8 Å². The van der Waals surface area contributed by atoms with Gasteiger partial charge in [-0.3, -0.25) is 9.59 Å². The minimum Gasteiger partial charge on any atom is -0.462 e. The number of carbonyl (C=O) groups excluding carboxylic acids is 2. The van der Waals surface area contributed by atoms with E-state index in [2.05, 4.69) is 6.92 Å². The van der Waals surface area contributed by atoms with E-state index in [1.807, 2.05) is 6.08 Å². The Labute approximate surface area is 84.1 Å². The smallest absolute Gasteiger partial charge is 0.302 e. The third-order valence-electron chi connectivity index (χ3n) is 2.41. The van der Waals surface area contributed by atoms with E-state index in [1.54, 1.807) is 6.08 Å². The lowest BCUT2D eigenvalue weighted by Crippen LogP contribution is -2.20. The van der Waals surface area contributed by atoms with Gasteiger partial charge in [0.05, 0.1) is 0 Å². The van der Waals surface area contributed by atoms with Crippen molar-refractivity contribution in [3.63, 3.8) is 0 Å². The molecule has 0 heterocycles. The minimum atomic E-state index is -0.306. The number of ether oxygens (including phenoxy) is 1. The van der Waals surface area contributed by atoms with Crippen LogP contribution in [0, 0.1) is 5.92 Å². The van der Waals surface area contributed by atoms with Crippen LogP contribution in [0.25, 0.3) is 0 Å². The Bertz CT molecular complexity index is 255. The molecular formula is C11H16O3. The average molecular weight is 196 g/mol. The summed E-state index contributed by atoms with van der Waals surface area (Å²) in [5.74, 6) is 0.0950. The molecule has 0 spiro atoms. The second kappa shape index (κ2) is 4.94. The number of allylic oxidation sites excluding steroid dienone is 2. The van der Waals surface area contributed by atoms with Gasteiger partial charge < -0.3 is 4.74 Å². The van der Waals surface area contributed by atoms with Gasteiger partial charge in [0.25, 0.3) is 0 Å². The summed E-state index contributed by atoms with van der Waals surface area (Å²) < 4.78 is 5.07. The molecule has 0 radical (unpaired) electrons. The Balaban J connectivity index is 2.60. The number of hydrogen-bond acceptors (Lipinski definition) is 3. The maximum Gasteiger partial charge on any atom is 0.302 e. The van der Waals surface area contributed by atoms with Crippen LogP contribution in [0.15, 0.2) is 12.2 Å². The van der Waals surface area contributed by atoms with E-state index in [4.69, 9.17) is 4.74 Å². The Morgan fingerprint density at radius 3 is 2.93 bits per heavy atom. The molecule has 78 valence electrons. The van der Waals surface area contributed by atoms with E-state index in [0.29, 0.717) is 12.3 Å². The van der Waals surface area contributed by atoms with Gasteiger partial charge in [-0.25, -0.2) is 0 Å². The number of rotatable bonds is 2. The average Bonchev–Trinajstić information content (AvgIpc) is 2.26. The molecule has 0 aromatic carbocycles. The summed E-state index contributed by atoms with van der Waals surface area (Å²) in [6, 6.07) is 0. The molecule has 0 saturated carbocycles. The largest absolute Gasteiger partial charge is 0.462 e. The Kier molecular flexibility index (Phi) is 3.86. The SMILES string of the molecule is CCC1C=CC(=O)CC(OC(C)=O)C1. The van der Waals surface area contributed by atoms with Gasteiger partial charge in [-0.1, -0.05) is 13.0 Å². The summed E-state index contributed by atoms with van der Waals surface area (Å²) in [4.78, 5) is 22.0. The molecule has 2 unspecified atom stereocenters. The monoisotopic (exact) mass is 196 g/mol. The quantitative estimate of drug-likeness (QED) is 0.633. The lowest BCUT2D eigenvalue weighted by Gasteiger charge is -2.17. The molecule has 2 atom stereocenters. The first-order valence-corrected chi connectivity index (χ1v) is 5.00. The Morgan fingerprint density at radius 1 is 1.64 bits per heavy atom. The fraction of sp³-hybridized carbons (Fsp3) is 0.636. The predicted molar refractivity (Wildman–Crippen MR) is 52.7 cm³/mol. The third kappa shape index (κ3) is 3.32. The van der Waals surface area contributed by atoms with E-state index in [1.165, 1.54) is 6.92 Å². The molecular weight excluding hydrogens is 180 g/mol. The molecule has 0 aliphatic heterocycles. The molecule has 1 aliphatic carbocycles. The molecule has 0 aromatic heterocycles. The van der Waals surface area contributed by atoms with Gasteiger partial charge in [0, 0.05) is 13.3 Å². The van der Waals surface area contributed by atoms with Gasteiger partial charge in [0.15, 0.2) is 5.78 Å². The predicted octanol–water partition coefficient (Wildman–Crippen LogP) is 1.86. The number of hydrogen-bond donors (Lipinski definition) is 0. The number of ketones is 1. The number of carbonyl (C=O) groups is 2. The normalized spacial score (nSPS) is 27.1. The molecule has 0 bridgehead atoms. The summed E-state index contributed by atoms with van der Waals surface area (Å²) in [5, 5.41) is 0. The summed E-state index contributed by atoms with van der Waals surface area (Å²) in [7, 11) is 0. The maximum atomic E-state index is 11.3. The van der Waals surface area contributed by atoms with Crippen LogP contribution >= 0.6 is 0 Å². The summed E-state index contributed by atoms with van der Waals surface area (Å²) >= 11 is 0. The zero-order valence-corrected chi connectivity index (χ0v) is 8.66. The van der Waals surface area contributed by atoms with E-state index < -0.39 is 0 Å². The van der Waals surface area contributed by atoms with Gasteiger partial charge in [-0.15, -0.1) is 0 Å². The summed E-state index contributed by atoms with van der Waals surface area (Å²) in [5.41, 5.74) is 0. The summed E-state index contributed by atoms with van der Waals surface area (Å²) in [6.07, 6.45) is 5.36. The van der Waals surface area contributed by atoms with E-state index in [9.17, 15) is 9.59 Å². The maximum absolute atomic E-state index is 11.3. The van der Waals surface area contributed by atoms with Crippen molar-refractivity contribution in [2.45, 2.75) is 39.2 Å². The van der Waals surface area contributed by atoms with Crippen LogP contribution in [0.4, 0.5) is 0 Å². The van der Waals surface area contributed by atoms with Crippen molar-refractivity contribution in [2.75, 3.05) is 0 Å². The third-order valence-corrected chi connectivity index (χ3v) is 2.41. The van der Waals surface area contributed by atoms with Gasteiger partial charge in [-0.2, -0.15) is 0 Å². The first-order chi connectivity index (χ1) is 6.61. The topological polar surface area (TPSA) is 43.4 Å². The van der Waals surface area contributed by atoms with Gasteiger partial charge in [0.2, 0.25) is 0 Å².